The van der Waals surface area contributed by atoms with Crippen LogP contribution >= 0.6 is 0 Å². The van der Waals surface area contributed by atoms with Gasteiger partial charge in [0.2, 0.25) is 24.4 Å². The number of amides is 2. The molecule has 3 aliphatic heterocycles. The molecule has 0 aromatic heterocycles. The summed E-state index contributed by atoms with van der Waals surface area (Å²) in [6, 6.07) is 3.94. The van der Waals surface area contributed by atoms with Crippen LogP contribution in [0.1, 0.15) is 18.4 Å². The van der Waals surface area contributed by atoms with E-state index in [2.05, 4.69) is 17.1 Å². The molecule has 2 amide bonds. The van der Waals surface area contributed by atoms with E-state index in [0.717, 1.165) is 38.0 Å². The molecule has 5 unspecified atom stereocenters. The monoisotopic (exact) mass is 396 g/mol. The smallest absolute Gasteiger partial charge is 0.234 e. The molecule has 2 aliphatic carbocycles. The first-order valence-electron chi connectivity index (χ1n) is 10.4. The van der Waals surface area contributed by atoms with Gasteiger partial charge in [0.25, 0.3) is 0 Å². The zero-order chi connectivity index (χ0) is 19.7. The van der Waals surface area contributed by atoms with Gasteiger partial charge in [-0.2, -0.15) is 0 Å². The second-order valence-corrected chi connectivity index (χ2v) is 8.76. The molecule has 0 radical (unpaired) electrons. The number of hydrogen-bond donors (Lipinski definition) is 0. The van der Waals surface area contributed by atoms with E-state index in [4.69, 9.17) is 14.2 Å². The molecule has 5 aliphatic rings. The summed E-state index contributed by atoms with van der Waals surface area (Å²) < 4.78 is 16.4. The number of nitrogens with zero attached hydrogens (tertiary/aromatic N) is 2. The van der Waals surface area contributed by atoms with Gasteiger partial charge < -0.3 is 14.2 Å². The van der Waals surface area contributed by atoms with Crippen molar-refractivity contribution in [2.45, 2.75) is 25.4 Å². The lowest BCUT2D eigenvalue weighted by Crippen LogP contribution is -2.43. The summed E-state index contributed by atoms with van der Waals surface area (Å²) in [5, 5.41) is 0. The molecule has 1 aromatic rings. The number of imide groups is 1. The van der Waals surface area contributed by atoms with E-state index in [-0.39, 0.29) is 48.3 Å². The molecule has 0 spiro atoms. The van der Waals surface area contributed by atoms with Gasteiger partial charge in [0, 0.05) is 19.6 Å². The van der Waals surface area contributed by atoms with Crippen molar-refractivity contribution in [1.29, 1.82) is 0 Å². The fraction of sp³-hybridized carbons (Fsp3) is 0.545. The number of ether oxygens (including phenoxy) is 3. The van der Waals surface area contributed by atoms with Gasteiger partial charge in [-0.3, -0.25) is 19.4 Å². The zero-order valence-electron chi connectivity index (χ0n) is 16.4. The number of fused-ring (bicyclic) bond motifs is 6. The van der Waals surface area contributed by atoms with E-state index in [1.54, 1.807) is 12.0 Å². The highest BCUT2D eigenvalue weighted by Crippen LogP contribution is 2.53. The molecule has 29 heavy (non-hydrogen) atoms. The minimum absolute atomic E-state index is 0.0177. The predicted octanol–water partition coefficient (Wildman–Crippen LogP) is 1.81. The average Bonchev–Trinajstić information content (AvgIpc) is 3.51. The van der Waals surface area contributed by atoms with Gasteiger partial charge in [0.05, 0.1) is 25.0 Å². The first-order valence-corrected chi connectivity index (χ1v) is 10.4. The summed E-state index contributed by atoms with van der Waals surface area (Å²) in [5.41, 5.74) is 1.07. The lowest BCUT2D eigenvalue weighted by Gasteiger charge is -2.24. The van der Waals surface area contributed by atoms with Crippen LogP contribution < -0.4 is 14.2 Å². The van der Waals surface area contributed by atoms with Crippen molar-refractivity contribution in [3.63, 3.8) is 0 Å². The Morgan fingerprint density at radius 3 is 2.59 bits per heavy atom. The molecular formula is C22H24N2O5. The first-order chi connectivity index (χ1) is 14.1. The Morgan fingerprint density at radius 1 is 1.10 bits per heavy atom. The average molecular weight is 396 g/mol. The third-order valence-corrected chi connectivity index (χ3v) is 7.24. The second kappa shape index (κ2) is 6.23. The Labute approximate surface area is 169 Å². The number of carbonyl (C=O) groups excluding carboxylic acids is 2. The van der Waals surface area contributed by atoms with E-state index in [1.165, 1.54) is 0 Å². The summed E-state index contributed by atoms with van der Waals surface area (Å²) in [5.74, 6) is 2.48. The standard InChI is InChI=1S/C22H24N2O5/c1-27-16-6-12(7-17-20(16)29-11-28-17)9-23-5-4-15(10-23)24-21(25)18-13-2-3-14(8-13)19(18)22(24)26/h2-3,6-7,13-15,18-19H,4-5,8-11H2,1H3. The fourth-order valence-electron chi connectivity index (χ4n) is 5.99. The largest absolute Gasteiger partial charge is 0.493 e. The third-order valence-electron chi connectivity index (χ3n) is 7.24. The van der Waals surface area contributed by atoms with Gasteiger partial charge in [-0.05, 0) is 42.4 Å². The summed E-state index contributed by atoms with van der Waals surface area (Å²) in [6.07, 6.45) is 6.10. The first kappa shape index (κ1) is 17.3. The lowest BCUT2D eigenvalue weighted by molar-refractivity contribution is -0.143. The number of allylic oxidation sites excluding steroid dienone is 2. The molecule has 7 nitrogen and oxygen atoms in total. The molecular weight excluding hydrogens is 372 g/mol. The molecule has 5 atom stereocenters. The van der Waals surface area contributed by atoms with Crippen LogP contribution in [0, 0.1) is 23.7 Å². The number of carbonyl (C=O) groups is 2. The highest BCUT2D eigenvalue weighted by Gasteiger charge is 2.60. The number of benzene rings is 1. The molecule has 3 fully saturated rings. The maximum Gasteiger partial charge on any atom is 0.234 e. The molecule has 6 rings (SSSR count). The molecule has 7 heteroatoms. The minimum Gasteiger partial charge on any atom is -0.493 e. The van der Waals surface area contributed by atoms with Gasteiger partial charge in [-0.1, -0.05) is 12.2 Å². The maximum absolute atomic E-state index is 13.1. The van der Waals surface area contributed by atoms with Crippen molar-refractivity contribution >= 4 is 11.8 Å². The Hall–Kier alpha value is -2.54. The van der Waals surface area contributed by atoms with Crippen molar-refractivity contribution in [1.82, 2.24) is 9.80 Å². The molecule has 3 heterocycles. The van der Waals surface area contributed by atoms with Gasteiger partial charge in [0.1, 0.15) is 0 Å². The van der Waals surface area contributed by atoms with Crippen LogP contribution in [0.4, 0.5) is 0 Å². The summed E-state index contributed by atoms with van der Waals surface area (Å²) in [6.45, 7) is 2.51. The highest BCUT2D eigenvalue weighted by atomic mass is 16.7. The Balaban J connectivity index is 1.17. The molecule has 2 saturated heterocycles. The van der Waals surface area contributed by atoms with Crippen LogP contribution in [0.25, 0.3) is 0 Å². The lowest BCUT2D eigenvalue weighted by atomic mass is 9.85. The van der Waals surface area contributed by atoms with Crippen LogP contribution in [0.3, 0.4) is 0 Å². The molecule has 152 valence electrons. The second-order valence-electron chi connectivity index (χ2n) is 8.76. The van der Waals surface area contributed by atoms with E-state index in [9.17, 15) is 9.59 Å². The van der Waals surface area contributed by atoms with Crippen LogP contribution in [0.15, 0.2) is 24.3 Å². The van der Waals surface area contributed by atoms with E-state index in [1.807, 2.05) is 12.1 Å². The SMILES string of the molecule is COc1cc(CN2CCC(N3C(=O)C4C5C=CC(C5)C4C3=O)C2)cc2c1OCO2. The zero-order valence-corrected chi connectivity index (χ0v) is 16.4. The Morgan fingerprint density at radius 2 is 1.86 bits per heavy atom. The maximum atomic E-state index is 13.1. The van der Waals surface area contributed by atoms with Crippen molar-refractivity contribution in [3.05, 3.63) is 29.8 Å². The van der Waals surface area contributed by atoms with Crippen LogP contribution in [0.5, 0.6) is 17.2 Å². The molecule has 0 N–H and O–H groups in total. The summed E-state index contributed by atoms with van der Waals surface area (Å²) in [7, 11) is 1.62. The fourth-order valence-corrected chi connectivity index (χ4v) is 5.99. The minimum atomic E-state index is -0.107. The quantitative estimate of drug-likeness (QED) is 0.571. The van der Waals surface area contributed by atoms with Gasteiger partial charge in [-0.25, -0.2) is 0 Å². The van der Waals surface area contributed by atoms with Crippen LogP contribution in [-0.4, -0.2) is 54.6 Å². The third kappa shape index (κ3) is 2.46. The summed E-state index contributed by atoms with van der Waals surface area (Å²) in [4.78, 5) is 30.0. The number of rotatable bonds is 4. The van der Waals surface area contributed by atoms with Gasteiger partial charge >= 0.3 is 0 Å². The van der Waals surface area contributed by atoms with Crippen molar-refractivity contribution in [3.8, 4) is 17.2 Å². The summed E-state index contributed by atoms with van der Waals surface area (Å²) >= 11 is 0. The highest BCUT2D eigenvalue weighted by molar-refractivity contribution is 6.06. The van der Waals surface area contributed by atoms with E-state index >= 15 is 0 Å². The number of hydrogen-bond acceptors (Lipinski definition) is 6. The van der Waals surface area contributed by atoms with Gasteiger partial charge in [-0.15, -0.1) is 0 Å². The number of methoxy groups -OCH3 is 1. The van der Waals surface area contributed by atoms with E-state index in [0.29, 0.717) is 17.2 Å². The number of likely N-dealkylation sites (tertiary alicyclic amines) is 2. The predicted molar refractivity (Wildman–Crippen MR) is 102 cm³/mol. The molecule has 1 saturated carbocycles. The van der Waals surface area contributed by atoms with Crippen molar-refractivity contribution in [2.75, 3.05) is 27.0 Å². The van der Waals surface area contributed by atoms with Crippen molar-refractivity contribution in [2.24, 2.45) is 23.7 Å². The van der Waals surface area contributed by atoms with Crippen LogP contribution in [-0.2, 0) is 16.1 Å². The van der Waals surface area contributed by atoms with E-state index < -0.39 is 0 Å². The Kier molecular flexibility index (Phi) is 3.72. The molecule has 1 aromatic carbocycles. The van der Waals surface area contributed by atoms with Crippen LogP contribution in [0.2, 0.25) is 0 Å². The molecule has 2 bridgehead atoms. The van der Waals surface area contributed by atoms with Gasteiger partial charge in [0.15, 0.2) is 11.5 Å². The van der Waals surface area contributed by atoms with Crippen molar-refractivity contribution < 1.29 is 23.8 Å². The topological polar surface area (TPSA) is 68.3 Å². The normalized spacial score (nSPS) is 34.5. The Bertz CT molecular complexity index is 898.